The highest BCUT2D eigenvalue weighted by atomic mass is 19.1. The lowest BCUT2D eigenvalue weighted by atomic mass is 10.1. The average molecular weight is 876 g/mol. The van der Waals surface area contributed by atoms with Crippen LogP contribution in [-0.2, 0) is 38.2 Å². The van der Waals surface area contributed by atoms with Crippen LogP contribution in [0, 0.1) is 5.82 Å². The van der Waals surface area contributed by atoms with Gasteiger partial charge in [-0.05, 0) is 59.9 Å². The number of hydrogen-bond acceptors (Lipinski definition) is 16. The van der Waals surface area contributed by atoms with Crippen LogP contribution in [0.15, 0.2) is 16.0 Å². The van der Waals surface area contributed by atoms with E-state index in [9.17, 15) is 58.8 Å². The van der Waals surface area contributed by atoms with Crippen molar-refractivity contribution in [1.29, 1.82) is 0 Å². The minimum Gasteiger partial charge on any atom is -0.480 e. The third-order valence-corrected chi connectivity index (χ3v) is 8.22. The van der Waals surface area contributed by atoms with Crippen molar-refractivity contribution in [2.24, 2.45) is 16.5 Å². The second-order valence-electron chi connectivity index (χ2n) is 14.2. The number of rotatable bonds is 22. The lowest BCUT2D eigenvalue weighted by molar-refractivity contribution is -0.143. The topological polar surface area (TPSA) is 390 Å². The van der Waals surface area contributed by atoms with Crippen LogP contribution in [0.25, 0.3) is 0 Å². The molecule has 1 fully saturated rings. The number of aromatic nitrogens is 2. The van der Waals surface area contributed by atoms with Crippen molar-refractivity contribution in [1.82, 2.24) is 36.1 Å². The molecule has 1 aromatic rings. The maximum Gasteiger partial charge on any atom is 0.408 e. The molecule has 7 unspecified atom stereocenters. The molecule has 1 aromatic heterocycles. The van der Waals surface area contributed by atoms with E-state index in [0.29, 0.717) is 23.6 Å². The fourth-order valence-electron chi connectivity index (χ4n) is 5.39. The average Bonchev–Trinajstić information content (AvgIpc) is 3.47. The van der Waals surface area contributed by atoms with Crippen molar-refractivity contribution in [3.8, 4) is 0 Å². The highest BCUT2D eigenvalue weighted by molar-refractivity contribution is 5.97. The Morgan fingerprint density at radius 2 is 1.59 bits per heavy atom. The molecule has 1 aliphatic rings. The fourth-order valence-corrected chi connectivity index (χ4v) is 5.39. The van der Waals surface area contributed by atoms with Gasteiger partial charge in [0.15, 0.2) is 17.9 Å². The maximum absolute atomic E-state index is 15.2. The van der Waals surface area contributed by atoms with Gasteiger partial charge in [-0.1, -0.05) is 0 Å². The number of aliphatic imine (C=N–C) groups is 1. The van der Waals surface area contributed by atoms with E-state index in [1.807, 2.05) is 0 Å². The summed E-state index contributed by atoms with van der Waals surface area (Å²) in [6, 6.07) is -4.56. The summed E-state index contributed by atoms with van der Waals surface area (Å²) in [7, 11) is 1.50. The van der Waals surface area contributed by atoms with E-state index in [1.54, 1.807) is 20.8 Å². The van der Waals surface area contributed by atoms with Gasteiger partial charge in [0.2, 0.25) is 29.5 Å². The Bertz CT molecular complexity index is 1740. The summed E-state index contributed by atoms with van der Waals surface area (Å²) in [6.07, 6.45) is -5.83. The molecule has 26 heteroatoms. The zero-order valence-electron chi connectivity index (χ0n) is 34.5. The van der Waals surface area contributed by atoms with E-state index in [0.717, 1.165) is 6.34 Å². The van der Waals surface area contributed by atoms with Crippen LogP contribution >= 0.6 is 0 Å². The zero-order valence-corrected chi connectivity index (χ0v) is 34.5. The van der Waals surface area contributed by atoms with Gasteiger partial charge in [-0.2, -0.15) is 4.98 Å². The minimum atomic E-state index is -1.88. The van der Waals surface area contributed by atoms with Gasteiger partial charge in [0.25, 0.3) is 0 Å². The second-order valence-corrected chi connectivity index (χ2v) is 14.2. The molecule has 1 saturated heterocycles. The lowest BCUT2D eigenvalue weighted by Crippen LogP contribution is -2.52. The fraction of sp³-hybridized carbons (Fsp3) is 0.657. The molecule has 0 spiro atoms. The van der Waals surface area contributed by atoms with Crippen LogP contribution in [0.1, 0.15) is 72.4 Å². The smallest absolute Gasteiger partial charge is 0.408 e. The molecule has 7 atom stereocenters. The molecule has 0 radical (unpaired) electrons. The normalized spacial score (nSPS) is 18.7. The summed E-state index contributed by atoms with van der Waals surface area (Å²) in [5.41, 5.74) is 7.60. The molecule has 1 aliphatic heterocycles. The number of aliphatic hydroxyl groups is 3. The van der Waals surface area contributed by atoms with Crippen LogP contribution in [0.5, 0.6) is 0 Å². The van der Waals surface area contributed by atoms with Crippen molar-refractivity contribution in [3.05, 3.63) is 22.5 Å². The van der Waals surface area contributed by atoms with Gasteiger partial charge in [0, 0.05) is 20.0 Å². The van der Waals surface area contributed by atoms with Crippen molar-refractivity contribution in [2.45, 2.75) is 114 Å². The summed E-state index contributed by atoms with van der Waals surface area (Å²) in [4.78, 5) is 108. The highest BCUT2D eigenvalue weighted by Gasteiger charge is 2.44. The van der Waals surface area contributed by atoms with E-state index < -0.39 is 121 Å². The number of halogens is 1. The number of alkyl carbamates (subject to hydrolysis) is 1. The number of nitrogens with zero attached hydrogens (tertiary/aromatic N) is 3. The van der Waals surface area contributed by atoms with Crippen LogP contribution < -0.4 is 49.1 Å². The quantitative estimate of drug-likeness (QED) is 0.0300. The Balaban J connectivity index is 0.00000916. The Hall–Kier alpha value is -5.83. The molecular formula is C35H58FN11O14. The monoisotopic (exact) mass is 875 g/mol. The van der Waals surface area contributed by atoms with E-state index in [2.05, 4.69) is 47.6 Å². The Kier molecular flexibility index (Phi) is 23.0. The molecule has 344 valence electrons. The van der Waals surface area contributed by atoms with Gasteiger partial charge < -0.3 is 73.3 Å². The van der Waals surface area contributed by atoms with Crippen molar-refractivity contribution < 1.29 is 67.9 Å². The number of hydrogen-bond donors (Lipinski definition) is 12. The Morgan fingerprint density at radius 1 is 0.967 bits per heavy atom. The van der Waals surface area contributed by atoms with Gasteiger partial charge in [0.1, 0.15) is 42.0 Å². The zero-order chi connectivity index (χ0) is 46.4. The number of nitrogens with two attached hydrogens (primary N) is 2. The molecule has 61 heavy (non-hydrogen) atoms. The maximum atomic E-state index is 15.2. The predicted octanol–water partition coefficient (Wildman–Crippen LogP) is -3.97. The number of amides is 6. The lowest BCUT2D eigenvalue weighted by Gasteiger charge is -2.23. The molecule has 14 N–H and O–H groups in total. The summed E-state index contributed by atoms with van der Waals surface area (Å²) in [5, 5.41) is 53.0. The number of anilines is 1. The summed E-state index contributed by atoms with van der Waals surface area (Å²) >= 11 is 0. The second kappa shape index (κ2) is 26.4. The molecule has 6 amide bonds. The van der Waals surface area contributed by atoms with Gasteiger partial charge in [-0.15, -0.1) is 0 Å². The highest BCUT2D eigenvalue weighted by Crippen LogP contribution is 2.28. The molecule has 2 rings (SSSR count). The van der Waals surface area contributed by atoms with Crippen molar-refractivity contribution >= 4 is 53.8 Å². The van der Waals surface area contributed by atoms with E-state index in [1.165, 1.54) is 14.0 Å². The number of carboxylic acids is 1. The SMILES string of the molecule is CC(=O)NCCCCC(NC(=O)CC(NC(=O)CNC(=O)C(CCCN=CN)NC(=O)OC(C)(C)C)C(=O)O)C(=O)Nc1nc(=O)n(C2OC(CO)C(O)C2O)cc1F.CN. The van der Waals surface area contributed by atoms with Gasteiger partial charge >= 0.3 is 17.8 Å². The summed E-state index contributed by atoms with van der Waals surface area (Å²) in [6.45, 7) is 5.03. The predicted molar refractivity (Wildman–Crippen MR) is 212 cm³/mol. The van der Waals surface area contributed by atoms with E-state index in [4.69, 9.17) is 15.2 Å². The third kappa shape index (κ3) is 19.0. The third-order valence-electron chi connectivity index (χ3n) is 8.22. The molecule has 25 nitrogen and oxygen atoms in total. The van der Waals surface area contributed by atoms with Crippen LogP contribution in [0.2, 0.25) is 0 Å². The van der Waals surface area contributed by atoms with Crippen LogP contribution in [-0.4, -0.2) is 153 Å². The first kappa shape index (κ1) is 53.2. The molecule has 0 aliphatic carbocycles. The number of carbonyl (C=O) groups excluding carboxylic acids is 6. The molecule has 0 aromatic carbocycles. The van der Waals surface area contributed by atoms with Gasteiger partial charge in [-0.3, -0.25) is 33.5 Å². The van der Waals surface area contributed by atoms with Crippen molar-refractivity contribution in [3.63, 3.8) is 0 Å². The molecule has 0 bridgehead atoms. The number of carbonyl (C=O) groups is 7. The summed E-state index contributed by atoms with van der Waals surface area (Å²) < 4.78 is 26.1. The van der Waals surface area contributed by atoms with E-state index in [-0.39, 0.29) is 38.3 Å². The Morgan fingerprint density at radius 3 is 2.16 bits per heavy atom. The van der Waals surface area contributed by atoms with Crippen LogP contribution in [0.3, 0.4) is 0 Å². The van der Waals surface area contributed by atoms with Crippen molar-refractivity contribution in [2.75, 3.05) is 38.6 Å². The largest absolute Gasteiger partial charge is 0.480 e. The van der Waals surface area contributed by atoms with E-state index >= 15 is 4.39 Å². The number of aliphatic hydroxyl groups excluding tert-OH is 3. The summed E-state index contributed by atoms with van der Waals surface area (Å²) in [5.74, 6) is -8.22. The molecule has 2 heterocycles. The molecule has 0 saturated carbocycles. The van der Waals surface area contributed by atoms with Gasteiger partial charge in [0.05, 0.1) is 32.1 Å². The number of ether oxygens (including phenoxy) is 2. The number of carboxylic acid groups (broad SMARTS) is 1. The van der Waals surface area contributed by atoms with Crippen LogP contribution in [0.4, 0.5) is 15.0 Å². The van der Waals surface area contributed by atoms with Gasteiger partial charge in [-0.25, -0.2) is 18.8 Å². The number of nitrogens with one attached hydrogen (secondary N) is 6. The Labute approximate surface area is 349 Å². The molecular weight excluding hydrogens is 817 g/mol. The first-order valence-electron chi connectivity index (χ1n) is 19.0. The number of aliphatic carboxylic acids is 1. The standard InChI is InChI=1S/C34H53FN10O14.CH5N/c1-17(47)38-11-6-5-8-20(29(53)43-27-18(35)14-45(32(56)44-27)30-26(51)25(50)22(15-46)58-30)40-23(48)12-21(31(54)55)41-24(49)13-39-28(52)19(9-7-10-37-16-36)42-33(57)59-34(2,3)4;1-2/h14,16,19-22,25-26,30,46,50-51H,5-13,15H2,1-4H3,(H2,36,37)(H,38,47)(H,39,52)(H,40,48)(H,41,49)(H,42,57)(H,54,55)(H,43,44,53,56);2H2,1H3. The number of unbranched alkanes of at least 4 members (excludes halogenated alkanes) is 1. The minimum absolute atomic E-state index is 0.0609. The first-order chi connectivity index (χ1) is 28.7. The first-order valence-corrected chi connectivity index (χ1v) is 19.0.